The van der Waals surface area contributed by atoms with Gasteiger partial charge in [-0.15, -0.1) is 24.8 Å². The highest BCUT2D eigenvalue weighted by molar-refractivity contribution is 5.85. The number of anilines is 1. The Hall–Kier alpha value is -1.57. The average molecular weight is 379 g/mol. The molecule has 7 nitrogen and oxygen atoms in total. The summed E-state index contributed by atoms with van der Waals surface area (Å²) < 4.78 is 0. The number of carbonyl (C=O) groups excluding carboxylic acids is 1. The molecule has 0 radical (unpaired) electrons. The number of halogens is 2. The number of amides is 1. The molecule has 0 saturated carbocycles. The summed E-state index contributed by atoms with van der Waals surface area (Å²) in [5, 5.41) is 10.8. The predicted molar refractivity (Wildman–Crippen MR) is 99.2 cm³/mol. The van der Waals surface area contributed by atoms with E-state index >= 15 is 0 Å². The predicted octanol–water partition coefficient (Wildman–Crippen LogP) is 2.07. The van der Waals surface area contributed by atoms with Gasteiger partial charge in [0.15, 0.2) is 0 Å². The largest absolute Gasteiger partial charge is 0.368 e. The van der Waals surface area contributed by atoms with Crippen LogP contribution in [0.1, 0.15) is 13.8 Å². The first-order valence-corrected chi connectivity index (χ1v) is 7.34. The van der Waals surface area contributed by atoms with Gasteiger partial charge in [-0.1, -0.05) is 6.07 Å². The van der Waals surface area contributed by atoms with Gasteiger partial charge in [0.2, 0.25) is 5.91 Å². The maximum Gasteiger partial charge on any atom is 0.271 e. The van der Waals surface area contributed by atoms with Crippen molar-refractivity contribution in [2.45, 2.75) is 13.8 Å². The summed E-state index contributed by atoms with van der Waals surface area (Å²) in [7, 11) is 0. The van der Waals surface area contributed by atoms with E-state index in [4.69, 9.17) is 5.73 Å². The van der Waals surface area contributed by atoms with E-state index in [9.17, 15) is 14.9 Å². The molecule has 2 rings (SSSR count). The summed E-state index contributed by atoms with van der Waals surface area (Å²) in [4.78, 5) is 26.7. The number of nitro benzene ring substituents is 1. The number of piperazine rings is 1. The van der Waals surface area contributed by atoms with Gasteiger partial charge in [0.05, 0.1) is 10.3 Å². The Morgan fingerprint density at radius 2 is 1.83 bits per heavy atom. The molecule has 1 aromatic carbocycles. The summed E-state index contributed by atoms with van der Waals surface area (Å²) in [6.07, 6.45) is 0. The molecule has 136 valence electrons. The van der Waals surface area contributed by atoms with Crippen molar-refractivity contribution >= 4 is 42.1 Å². The summed E-state index contributed by atoms with van der Waals surface area (Å²) in [5.41, 5.74) is 6.01. The molecule has 1 saturated heterocycles. The van der Waals surface area contributed by atoms with E-state index in [1.54, 1.807) is 12.1 Å². The van der Waals surface area contributed by atoms with E-state index in [0.29, 0.717) is 32.7 Å². The molecule has 1 amide bonds. The minimum atomic E-state index is -0.548. The maximum atomic E-state index is 12.4. The molecule has 0 spiro atoms. The number of nitrogens with zero attached hydrogens (tertiary/aromatic N) is 3. The van der Waals surface area contributed by atoms with Crippen LogP contribution in [-0.4, -0.2) is 48.5 Å². The van der Waals surface area contributed by atoms with Crippen molar-refractivity contribution in [3.63, 3.8) is 0 Å². The van der Waals surface area contributed by atoms with Crippen LogP contribution in [0.2, 0.25) is 0 Å². The minimum absolute atomic E-state index is 0. The number of non-ortho nitro benzene ring substituents is 1. The zero-order chi connectivity index (χ0) is 16.3. The Morgan fingerprint density at radius 1 is 1.25 bits per heavy atom. The monoisotopic (exact) mass is 378 g/mol. The highest BCUT2D eigenvalue weighted by Gasteiger charge is 2.32. The van der Waals surface area contributed by atoms with Crippen LogP contribution in [-0.2, 0) is 4.79 Å². The Bertz CT molecular complexity index is 576. The van der Waals surface area contributed by atoms with E-state index in [-0.39, 0.29) is 36.4 Å². The first-order chi connectivity index (χ1) is 10.3. The lowest BCUT2D eigenvalue weighted by atomic mass is 9.91. The van der Waals surface area contributed by atoms with Crippen molar-refractivity contribution in [2.75, 3.05) is 37.6 Å². The van der Waals surface area contributed by atoms with Crippen molar-refractivity contribution in [1.29, 1.82) is 0 Å². The van der Waals surface area contributed by atoms with Gasteiger partial charge in [0.25, 0.3) is 5.69 Å². The van der Waals surface area contributed by atoms with Gasteiger partial charge in [-0.3, -0.25) is 14.9 Å². The summed E-state index contributed by atoms with van der Waals surface area (Å²) >= 11 is 0. The molecule has 1 fully saturated rings. The quantitative estimate of drug-likeness (QED) is 0.639. The van der Waals surface area contributed by atoms with Crippen molar-refractivity contribution in [2.24, 2.45) is 11.1 Å². The van der Waals surface area contributed by atoms with E-state index in [0.717, 1.165) is 5.69 Å². The first kappa shape index (κ1) is 22.4. The molecule has 9 heteroatoms. The van der Waals surface area contributed by atoms with Crippen LogP contribution in [0.3, 0.4) is 0 Å². The zero-order valence-corrected chi connectivity index (χ0v) is 15.4. The van der Waals surface area contributed by atoms with Crippen molar-refractivity contribution in [3.8, 4) is 0 Å². The van der Waals surface area contributed by atoms with Crippen LogP contribution in [0.15, 0.2) is 24.3 Å². The Balaban J connectivity index is 0.00000264. The smallest absolute Gasteiger partial charge is 0.271 e. The number of carbonyl (C=O) groups is 1. The van der Waals surface area contributed by atoms with Crippen LogP contribution < -0.4 is 10.6 Å². The van der Waals surface area contributed by atoms with Gasteiger partial charge in [0.1, 0.15) is 0 Å². The summed E-state index contributed by atoms with van der Waals surface area (Å²) in [6.45, 7) is 6.54. The zero-order valence-electron chi connectivity index (χ0n) is 13.8. The number of hydrogen-bond acceptors (Lipinski definition) is 5. The van der Waals surface area contributed by atoms with E-state index in [2.05, 4.69) is 4.90 Å². The van der Waals surface area contributed by atoms with Crippen LogP contribution in [0.5, 0.6) is 0 Å². The van der Waals surface area contributed by atoms with Crippen molar-refractivity contribution < 1.29 is 9.72 Å². The Kier molecular flexibility index (Phi) is 8.46. The molecule has 0 unspecified atom stereocenters. The topological polar surface area (TPSA) is 92.7 Å². The van der Waals surface area contributed by atoms with Gasteiger partial charge >= 0.3 is 0 Å². The van der Waals surface area contributed by atoms with Gasteiger partial charge in [-0.2, -0.15) is 0 Å². The molecular formula is C15H24Cl2N4O3. The summed E-state index contributed by atoms with van der Waals surface area (Å²) in [5.74, 6) is 0.0636. The lowest BCUT2D eigenvalue weighted by molar-refractivity contribution is -0.384. The number of nitrogens with two attached hydrogens (primary N) is 1. The third kappa shape index (κ3) is 4.96. The van der Waals surface area contributed by atoms with Crippen molar-refractivity contribution in [1.82, 2.24) is 4.90 Å². The third-order valence-corrected chi connectivity index (χ3v) is 4.06. The first-order valence-electron chi connectivity index (χ1n) is 7.34. The minimum Gasteiger partial charge on any atom is -0.368 e. The van der Waals surface area contributed by atoms with Crippen LogP contribution in [0, 0.1) is 15.5 Å². The molecule has 24 heavy (non-hydrogen) atoms. The van der Waals surface area contributed by atoms with Gasteiger partial charge in [-0.05, 0) is 19.9 Å². The van der Waals surface area contributed by atoms with Crippen LogP contribution >= 0.6 is 24.8 Å². The second-order valence-corrected chi connectivity index (χ2v) is 6.14. The normalized spacial score (nSPS) is 14.5. The SMILES string of the molecule is CC(C)(CN)C(=O)N1CCN(c2cccc([N+](=O)[O-])c2)CC1.Cl.Cl. The van der Waals surface area contributed by atoms with Crippen LogP contribution in [0.25, 0.3) is 0 Å². The number of hydrogen-bond donors (Lipinski definition) is 1. The molecule has 0 aliphatic carbocycles. The molecule has 2 N–H and O–H groups in total. The number of nitro groups is 1. The number of benzene rings is 1. The molecule has 1 aliphatic rings. The third-order valence-electron chi connectivity index (χ3n) is 4.06. The second-order valence-electron chi connectivity index (χ2n) is 6.14. The fourth-order valence-electron chi connectivity index (χ4n) is 2.49. The molecule has 0 aromatic heterocycles. The van der Waals surface area contributed by atoms with E-state index in [1.807, 2.05) is 24.8 Å². The van der Waals surface area contributed by atoms with Crippen molar-refractivity contribution in [3.05, 3.63) is 34.4 Å². The molecule has 1 aliphatic heterocycles. The maximum absolute atomic E-state index is 12.4. The standard InChI is InChI=1S/C15H22N4O3.2ClH/c1-15(2,11-16)14(20)18-8-6-17(7-9-18)12-4-3-5-13(10-12)19(21)22;;/h3-5,10H,6-9,11,16H2,1-2H3;2*1H. The fourth-order valence-corrected chi connectivity index (χ4v) is 2.49. The number of rotatable bonds is 4. The fraction of sp³-hybridized carbons (Fsp3) is 0.533. The van der Waals surface area contributed by atoms with Crippen LogP contribution in [0.4, 0.5) is 11.4 Å². The second kappa shape index (κ2) is 9.05. The van der Waals surface area contributed by atoms with E-state index < -0.39 is 10.3 Å². The van der Waals surface area contributed by atoms with Gasteiger partial charge in [0, 0.05) is 50.5 Å². The highest BCUT2D eigenvalue weighted by atomic mass is 35.5. The lowest BCUT2D eigenvalue weighted by Gasteiger charge is -2.39. The highest BCUT2D eigenvalue weighted by Crippen LogP contribution is 2.24. The molecule has 1 heterocycles. The molecule has 1 aromatic rings. The van der Waals surface area contributed by atoms with Gasteiger partial charge in [-0.25, -0.2) is 0 Å². The van der Waals surface area contributed by atoms with Gasteiger partial charge < -0.3 is 15.5 Å². The average Bonchev–Trinajstić information content (AvgIpc) is 2.54. The lowest BCUT2D eigenvalue weighted by Crippen LogP contribution is -2.53. The Morgan fingerprint density at radius 3 is 2.33 bits per heavy atom. The molecule has 0 bridgehead atoms. The summed E-state index contributed by atoms with van der Waals surface area (Å²) in [6, 6.07) is 6.59. The van der Waals surface area contributed by atoms with E-state index in [1.165, 1.54) is 6.07 Å². The molecular weight excluding hydrogens is 355 g/mol. The molecule has 0 atom stereocenters. The Labute approximate surface area is 154 Å².